The normalized spacial score (nSPS) is 37.1. The third-order valence-corrected chi connectivity index (χ3v) is 5.47. The number of carbonyl (C=O) groups is 2. The van der Waals surface area contributed by atoms with Crippen LogP contribution in [0.3, 0.4) is 0 Å². The summed E-state index contributed by atoms with van der Waals surface area (Å²) in [6, 6.07) is 0. The van der Waals surface area contributed by atoms with Gasteiger partial charge in [0.1, 0.15) is 9.84 Å². The van der Waals surface area contributed by atoms with Gasteiger partial charge in [0.2, 0.25) is 11.6 Å². The monoisotopic (exact) mass is 244 g/mol. The van der Waals surface area contributed by atoms with Crippen LogP contribution in [-0.4, -0.2) is 32.0 Å². The molecule has 0 heterocycles. The summed E-state index contributed by atoms with van der Waals surface area (Å²) in [7, 11) is -3.25. The summed E-state index contributed by atoms with van der Waals surface area (Å²) in [6.45, 7) is 3.69. The van der Waals surface area contributed by atoms with Gasteiger partial charge in [0.25, 0.3) is 0 Å². The van der Waals surface area contributed by atoms with Gasteiger partial charge in [0.15, 0.2) is 0 Å². The minimum Gasteiger partial charge on any atom is -0.291 e. The smallest absolute Gasteiger partial charge is 0.206 e. The topological polar surface area (TPSA) is 68.3 Å². The molecule has 2 rings (SSSR count). The Labute approximate surface area is 95.3 Å². The Morgan fingerprint density at radius 2 is 1.88 bits per heavy atom. The summed E-state index contributed by atoms with van der Waals surface area (Å²) in [4.78, 5) is 23.7. The van der Waals surface area contributed by atoms with Crippen molar-refractivity contribution in [3.63, 3.8) is 0 Å². The van der Waals surface area contributed by atoms with Crippen molar-refractivity contribution >= 4 is 21.4 Å². The molecule has 2 bridgehead atoms. The van der Waals surface area contributed by atoms with Gasteiger partial charge in [0.05, 0.1) is 11.2 Å². The fourth-order valence-electron chi connectivity index (χ4n) is 3.44. The fourth-order valence-corrected chi connectivity index (χ4v) is 4.98. The number of hydrogen-bond donors (Lipinski definition) is 0. The molecule has 5 heteroatoms. The predicted octanol–water partition coefficient (Wildman–Crippen LogP) is 0.605. The molecule has 0 aliphatic heterocycles. The number of ketones is 2. The summed E-state index contributed by atoms with van der Waals surface area (Å²) in [5, 5.41) is 0. The molecule has 0 radical (unpaired) electrons. The summed E-state index contributed by atoms with van der Waals surface area (Å²) < 4.78 is 22.9. The fraction of sp³-hybridized carbons (Fsp3) is 0.818. The zero-order valence-corrected chi connectivity index (χ0v) is 10.6. The first kappa shape index (κ1) is 11.8. The van der Waals surface area contributed by atoms with E-state index in [1.54, 1.807) is 0 Å². The van der Waals surface area contributed by atoms with Crippen LogP contribution in [-0.2, 0) is 19.4 Å². The van der Waals surface area contributed by atoms with Gasteiger partial charge in [-0.3, -0.25) is 9.59 Å². The number of fused-ring (bicyclic) bond motifs is 2. The zero-order valence-electron chi connectivity index (χ0n) is 9.74. The highest BCUT2D eigenvalue weighted by molar-refractivity contribution is 7.90. The number of rotatable bonds is 2. The highest BCUT2D eigenvalue weighted by Crippen LogP contribution is 2.62. The second-order valence-corrected chi connectivity index (χ2v) is 7.80. The second kappa shape index (κ2) is 2.94. The van der Waals surface area contributed by atoms with Crippen molar-refractivity contribution in [1.82, 2.24) is 0 Å². The molecule has 0 aromatic heterocycles. The third-order valence-electron chi connectivity index (χ3n) is 4.45. The van der Waals surface area contributed by atoms with E-state index in [1.165, 1.54) is 0 Å². The van der Waals surface area contributed by atoms with Crippen LogP contribution >= 0.6 is 0 Å². The minimum atomic E-state index is -3.25. The van der Waals surface area contributed by atoms with E-state index in [-0.39, 0.29) is 17.5 Å². The van der Waals surface area contributed by atoms with Crippen LogP contribution in [0.5, 0.6) is 0 Å². The lowest BCUT2D eigenvalue weighted by atomic mass is 9.70. The standard InChI is InChI=1S/C11H16O4S/c1-10(2)7-4-5-11(10,6-16(3,14)15)9(13)8(7)12/h7H,4-6H2,1-3H3. The highest BCUT2D eigenvalue weighted by atomic mass is 32.2. The molecular formula is C11H16O4S. The van der Waals surface area contributed by atoms with Crippen LogP contribution in [0.1, 0.15) is 26.7 Å². The lowest BCUT2D eigenvalue weighted by Crippen LogP contribution is -2.42. The van der Waals surface area contributed by atoms with Crippen LogP contribution in [0.2, 0.25) is 0 Å². The molecule has 0 N–H and O–H groups in total. The predicted molar refractivity (Wildman–Crippen MR) is 58.7 cm³/mol. The molecule has 2 saturated carbocycles. The van der Waals surface area contributed by atoms with Crippen molar-refractivity contribution in [2.45, 2.75) is 26.7 Å². The van der Waals surface area contributed by atoms with E-state index < -0.39 is 26.5 Å². The Kier molecular flexibility index (Phi) is 2.16. The quantitative estimate of drug-likeness (QED) is 0.667. The Morgan fingerprint density at radius 1 is 1.31 bits per heavy atom. The van der Waals surface area contributed by atoms with Gasteiger partial charge < -0.3 is 0 Å². The van der Waals surface area contributed by atoms with E-state index in [4.69, 9.17) is 0 Å². The molecule has 2 fully saturated rings. The van der Waals surface area contributed by atoms with Crippen LogP contribution in [0, 0.1) is 16.7 Å². The van der Waals surface area contributed by atoms with E-state index in [9.17, 15) is 18.0 Å². The average molecular weight is 244 g/mol. The number of carbonyl (C=O) groups excluding carboxylic acids is 2. The van der Waals surface area contributed by atoms with Gasteiger partial charge in [-0.1, -0.05) is 13.8 Å². The summed E-state index contributed by atoms with van der Waals surface area (Å²) in [6.07, 6.45) is 2.30. The third kappa shape index (κ3) is 1.24. The molecule has 90 valence electrons. The largest absolute Gasteiger partial charge is 0.291 e. The molecule has 4 nitrogen and oxygen atoms in total. The average Bonchev–Trinajstić information content (AvgIpc) is 2.39. The SMILES string of the molecule is CC1(C)C2CCC1(CS(C)(=O)=O)C(=O)C2=O. The second-order valence-electron chi connectivity index (χ2n) is 5.66. The summed E-state index contributed by atoms with van der Waals surface area (Å²) in [5.41, 5.74) is -1.47. The van der Waals surface area contributed by atoms with Crippen molar-refractivity contribution in [2.24, 2.45) is 16.7 Å². The first-order valence-corrected chi connectivity index (χ1v) is 7.44. The Hall–Kier alpha value is -0.710. The van der Waals surface area contributed by atoms with Crippen molar-refractivity contribution in [2.75, 3.05) is 12.0 Å². The first-order chi connectivity index (χ1) is 7.12. The maximum absolute atomic E-state index is 12.0. The van der Waals surface area contributed by atoms with Crippen LogP contribution in [0.15, 0.2) is 0 Å². The Bertz CT molecular complexity index is 474. The summed E-state index contributed by atoms with van der Waals surface area (Å²) >= 11 is 0. The molecule has 2 aliphatic carbocycles. The lowest BCUT2D eigenvalue weighted by Gasteiger charge is -2.34. The molecule has 16 heavy (non-hydrogen) atoms. The van der Waals surface area contributed by atoms with Crippen molar-refractivity contribution in [1.29, 1.82) is 0 Å². The van der Waals surface area contributed by atoms with E-state index in [0.29, 0.717) is 12.8 Å². The molecule has 0 spiro atoms. The maximum atomic E-state index is 12.0. The van der Waals surface area contributed by atoms with Crippen molar-refractivity contribution < 1.29 is 18.0 Å². The van der Waals surface area contributed by atoms with Crippen LogP contribution in [0.25, 0.3) is 0 Å². The molecule has 0 amide bonds. The number of sulfone groups is 1. The van der Waals surface area contributed by atoms with Gasteiger partial charge >= 0.3 is 0 Å². The molecule has 2 atom stereocenters. The number of Topliss-reactive ketones (excluding diaryl/α,β-unsaturated/α-hetero) is 2. The molecule has 2 unspecified atom stereocenters. The van der Waals surface area contributed by atoms with Gasteiger partial charge in [-0.05, 0) is 18.3 Å². The van der Waals surface area contributed by atoms with Crippen molar-refractivity contribution in [3.05, 3.63) is 0 Å². The van der Waals surface area contributed by atoms with Crippen LogP contribution < -0.4 is 0 Å². The van der Waals surface area contributed by atoms with Gasteiger partial charge in [-0.25, -0.2) is 8.42 Å². The minimum absolute atomic E-state index is 0.186. The van der Waals surface area contributed by atoms with E-state index in [1.807, 2.05) is 13.8 Å². The van der Waals surface area contributed by atoms with Crippen molar-refractivity contribution in [3.8, 4) is 0 Å². The van der Waals surface area contributed by atoms with Gasteiger partial charge in [-0.2, -0.15) is 0 Å². The van der Waals surface area contributed by atoms with Gasteiger partial charge in [-0.15, -0.1) is 0 Å². The first-order valence-electron chi connectivity index (χ1n) is 5.38. The summed E-state index contributed by atoms with van der Waals surface area (Å²) in [5.74, 6) is -1.28. The molecule has 0 aromatic rings. The van der Waals surface area contributed by atoms with E-state index >= 15 is 0 Å². The Balaban J connectivity index is 2.54. The zero-order chi connectivity index (χ0) is 12.4. The number of hydrogen-bond acceptors (Lipinski definition) is 4. The molecule has 0 aromatic carbocycles. The molecule has 2 aliphatic rings. The van der Waals surface area contributed by atoms with E-state index in [0.717, 1.165) is 6.26 Å². The van der Waals surface area contributed by atoms with Gasteiger partial charge in [0, 0.05) is 12.2 Å². The lowest BCUT2D eigenvalue weighted by molar-refractivity contribution is -0.141. The Morgan fingerprint density at radius 3 is 2.25 bits per heavy atom. The maximum Gasteiger partial charge on any atom is 0.206 e. The highest BCUT2D eigenvalue weighted by Gasteiger charge is 2.69. The molecule has 0 saturated heterocycles. The van der Waals surface area contributed by atoms with Crippen LogP contribution in [0.4, 0.5) is 0 Å². The molecular weight excluding hydrogens is 228 g/mol. The van der Waals surface area contributed by atoms with E-state index in [2.05, 4.69) is 0 Å².